The number of hydrogen-bond acceptors (Lipinski definition) is 4. The van der Waals surface area contributed by atoms with Gasteiger partial charge in [-0.2, -0.15) is 13.2 Å². The molecule has 226 valence electrons. The lowest BCUT2D eigenvalue weighted by molar-refractivity contribution is -0.145. The Morgan fingerprint density at radius 2 is 1.49 bits per heavy atom. The summed E-state index contributed by atoms with van der Waals surface area (Å²) in [7, 11) is 0. The van der Waals surface area contributed by atoms with Crippen molar-refractivity contribution >= 4 is 23.0 Å². The molecule has 3 fully saturated rings. The van der Waals surface area contributed by atoms with Crippen LogP contribution < -0.4 is 10.6 Å². The molecule has 3 aliphatic rings. The minimum Gasteiger partial charge on any atom is -0.346 e. The van der Waals surface area contributed by atoms with Crippen molar-refractivity contribution < 1.29 is 44.7 Å². The first-order chi connectivity index (χ1) is 19.0. The van der Waals surface area contributed by atoms with Crippen LogP contribution in [0.3, 0.4) is 0 Å². The van der Waals surface area contributed by atoms with E-state index in [0.717, 1.165) is 0 Å². The average Bonchev–Trinajstić information content (AvgIpc) is 3.50. The number of rotatable bonds is 7. The second-order valence-corrected chi connectivity index (χ2v) is 11.5. The third-order valence-corrected chi connectivity index (χ3v) is 8.48. The monoisotopic (exact) mass is 595 g/mol. The van der Waals surface area contributed by atoms with Gasteiger partial charge in [-0.1, -0.05) is 0 Å². The summed E-state index contributed by atoms with van der Waals surface area (Å²) >= 11 is 0. The van der Waals surface area contributed by atoms with E-state index in [9.17, 15) is 44.7 Å². The number of hydrogen-bond donors (Lipinski definition) is 3. The Morgan fingerprint density at radius 3 is 2.07 bits per heavy atom. The summed E-state index contributed by atoms with van der Waals surface area (Å²) in [6.07, 6.45) is -7.79. The topological polar surface area (TPSA) is 99.8 Å². The van der Waals surface area contributed by atoms with Gasteiger partial charge in [-0.05, 0) is 56.6 Å². The van der Waals surface area contributed by atoms with Gasteiger partial charge in [-0.15, -0.1) is 0 Å². The second-order valence-electron chi connectivity index (χ2n) is 11.5. The fourth-order valence-corrected chi connectivity index (χ4v) is 5.73. The Balaban J connectivity index is 1.47. The largest absolute Gasteiger partial charge is 0.405 e. The number of amides is 2. The molecule has 1 unspecified atom stereocenters. The molecule has 3 saturated carbocycles. The van der Waals surface area contributed by atoms with Crippen LogP contribution in [0.4, 0.5) is 35.1 Å². The van der Waals surface area contributed by atoms with Gasteiger partial charge in [-0.25, -0.2) is 31.9 Å². The lowest BCUT2D eigenvalue weighted by Gasteiger charge is -2.38. The van der Waals surface area contributed by atoms with Crippen molar-refractivity contribution in [3.8, 4) is 0 Å². The summed E-state index contributed by atoms with van der Waals surface area (Å²) in [6, 6.07) is 1.82. The number of carbonyl (C=O) groups excluding carboxylic acids is 2. The van der Waals surface area contributed by atoms with Crippen molar-refractivity contribution in [2.45, 2.75) is 99.4 Å². The van der Waals surface area contributed by atoms with Crippen LogP contribution in [0, 0.1) is 5.92 Å². The van der Waals surface area contributed by atoms with E-state index in [1.165, 1.54) is 12.1 Å². The molecule has 1 atom stereocenters. The number of aromatic amines is 1. The van der Waals surface area contributed by atoms with E-state index in [2.05, 4.69) is 20.3 Å². The van der Waals surface area contributed by atoms with Gasteiger partial charge < -0.3 is 15.6 Å². The summed E-state index contributed by atoms with van der Waals surface area (Å²) in [5.41, 5.74) is -3.57. The van der Waals surface area contributed by atoms with Gasteiger partial charge in [0.1, 0.15) is 12.4 Å². The molecule has 15 heteroatoms. The molecule has 2 amide bonds. The standard InChI is InChI=1S/C26H29F8N5O2/c27-23(9-10-23)21(41)38-17(14-3-5-24(28,29)6-4-14)19-36-15-1-2-16(37-18(15)39-19)22(7-11-25(30,31)12-8-22)20(40)35-13-26(32,33)34/h1-2,14,17H,3-13H2,(H,35,40)(H,38,41)(H,36,37,39). The molecule has 0 bridgehead atoms. The van der Waals surface area contributed by atoms with Gasteiger partial charge in [0.25, 0.3) is 5.91 Å². The van der Waals surface area contributed by atoms with Crippen molar-refractivity contribution in [1.82, 2.24) is 25.6 Å². The molecule has 3 N–H and O–H groups in total. The van der Waals surface area contributed by atoms with Crippen LogP contribution in [-0.2, 0) is 15.0 Å². The normalized spacial score (nSPS) is 24.0. The lowest BCUT2D eigenvalue weighted by atomic mass is 9.69. The number of fused-ring (bicyclic) bond motifs is 1. The molecule has 0 spiro atoms. The highest BCUT2D eigenvalue weighted by Gasteiger charge is 2.53. The van der Waals surface area contributed by atoms with E-state index in [0.29, 0.717) is 0 Å². The van der Waals surface area contributed by atoms with Gasteiger partial charge >= 0.3 is 6.18 Å². The average molecular weight is 596 g/mol. The molecule has 41 heavy (non-hydrogen) atoms. The zero-order valence-electron chi connectivity index (χ0n) is 21.8. The van der Waals surface area contributed by atoms with Crippen molar-refractivity contribution in [3.63, 3.8) is 0 Å². The summed E-state index contributed by atoms with van der Waals surface area (Å²) < 4.78 is 109. The van der Waals surface area contributed by atoms with Crippen LogP contribution in [0.2, 0.25) is 0 Å². The number of alkyl halides is 8. The van der Waals surface area contributed by atoms with Gasteiger partial charge in [-0.3, -0.25) is 9.59 Å². The first-order valence-electron chi connectivity index (χ1n) is 13.5. The molecular weight excluding hydrogens is 566 g/mol. The number of nitrogens with zero attached hydrogens (tertiary/aromatic N) is 2. The van der Waals surface area contributed by atoms with Crippen molar-refractivity contribution in [2.24, 2.45) is 5.92 Å². The Morgan fingerprint density at radius 1 is 0.878 bits per heavy atom. The van der Waals surface area contributed by atoms with Crippen molar-refractivity contribution in [2.75, 3.05) is 6.54 Å². The third kappa shape index (κ3) is 6.27. The van der Waals surface area contributed by atoms with Crippen LogP contribution in [0.5, 0.6) is 0 Å². The maximum Gasteiger partial charge on any atom is 0.405 e. The third-order valence-electron chi connectivity index (χ3n) is 8.48. The zero-order chi connectivity index (χ0) is 29.8. The predicted octanol–water partition coefficient (Wildman–Crippen LogP) is 5.57. The van der Waals surface area contributed by atoms with Crippen molar-refractivity contribution in [1.29, 1.82) is 0 Å². The predicted molar refractivity (Wildman–Crippen MR) is 129 cm³/mol. The highest BCUT2D eigenvalue weighted by molar-refractivity contribution is 5.89. The molecule has 3 aliphatic carbocycles. The van der Waals surface area contributed by atoms with E-state index in [4.69, 9.17) is 0 Å². The molecular formula is C26H29F8N5O2. The van der Waals surface area contributed by atoms with Gasteiger partial charge in [0, 0.05) is 25.7 Å². The Bertz CT molecular complexity index is 1300. The first kappa shape index (κ1) is 29.5. The minimum absolute atomic E-state index is 0.0143. The number of aromatic nitrogens is 3. The van der Waals surface area contributed by atoms with Gasteiger partial charge in [0.15, 0.2) is 11.3 Å². The molecule has 2 heterocycles. The lowest BCUT2D eigenvalue weighted by Crippen LogP contribution is -2.50. The van der Waals surface area contributed by atoms with E-state index in [1.807, 2.05) is 0 Å². The van der Waals surface area contributed by atoms with Crippen LogP contribution in [0.25, 0.3) is 11.2 Å². The molecule has 0 radical (unpaired) electrons. The maximum atomic E-state index is 14.5. The SMILES string of the molecule is O=C(NC(c1nc2nc(C3(C(=O)NCC(F)(F)F)CCC(F)(F)CC3)ccc2[nH]1)C1CCC(F)(F)CC1)C1(F)CC1. The summed E-state index contributed by atoms with van der Waals surface area (Å²) in [6.45, 7) is -1.64. The quantitative estimate of drug-likeness (QED) is 0.365. The minimum atomic E-state index is -4.72. The fourth-order valence-electron chi connectivity index (χ4n) is 5.73. The molecule has 7 nitrogen and oxygen atoms in total. The maximum absolute atomic E-state index is 14.5. The highest BCUT2D eigenvalue weighted by Crippen LogP contribution is 2.46. The van der Waals surface area contributed by atoms with Gasteiger partial charge in [0.2, 0.25) is 17.8 Å². The number of pyridine rings is 1. The fraction of sp³-hybridized carbons (Fsp3) is 0.692. The Hall–Kier alpha value is -3.00. The highest BCUT2D eigenvalue weighted by atomic mass is 19.4. The van der Waals surface area contributed by atoms with Crippen molar-refractivity contribution in [3.05, 3.63) is 23.7 Å². The van der Waals surface area contributed by atoms with E-state index >= 15 is 0 Å². The van der Waals surface area contributed by atoms with E-state index in [1.54, 1.807) is 5.32 Å². The summed E-state index contributed by atoms with van der Waals surface area (Å²) in [4.78, 5) is 37.3. The van der Waals surface area contributed by atoms with Crippen LogP contribution in [-0.4, -0.2) is 57.0 Å². The molecule has 0 saturated heterocycles. The zero-order valence-corrected chi connectivity index (χ0v) is 21.8. The number of nitrogens with one attached hydrogen (secondary N) is 3. The number of imidazole rings is 1. The summed E-state index contributed by atoms with van der Waals surface area (Å²) in [5, 5.41) is 4.40. The smallest absolute Gasteiger partial charge is 0.346 e. The van der Waals surface area contributed by atoms with E-state index < -0.39 is 97.9 Å². The molecule has 2 aromatic rings. The van der Waals surface area contributed by atoms with E-state index in [-0.39, 0.29) is 48.4 Å². The van der Waals surface area contributed by atoms with Crippen LogP contribution in [0.1, 0.15) is 81.8 Å². The van der Waals surface area contributed by atoms with Crippen LogP contribution in [0.15, 0.2) is 12.1 Å². The number of H-pyrrole nitrogens is 1. The second kappa shape index (κ2) is 10.1. The van der Waals surface area contributed by atoms with Gasteiger partial charge in [0.05, 0.1) is 22.7 Å². The van der Waals surface area contributed by atoms with Crippen LogP contribution >= 0.6 is 0 Å². The summed E-state index contributed by atoms with van der Waals surface area (Å²) in [5.74, 6) is -8.29. The first-order valence-corrected chi connectivity index (χ1v) is 13.5. The Labute approximate surface area is 229 Å². The molecule has 2 aromatic heterocycles. The molecule has 0 aliphatic heterocycles. The number of halogens is 8. The molecule has 0 aromatic carbocycles. The Kier molecular flexibility index (Phi) is 7.24. The number of carbonyl (C=O) groups is 2. The molecule has 5 rings (SSSR count).